The van der Waals surface area contributed by atoms with Crippen LogP contribution in [0.4, 0.5) is 0 Å². The van der Waals surface area contributed by atoms with E-state index in [9.17, 15) is 0 Å². The molecule has 2 aliphatic carbocycles. The van der Waals surface area contributed by atoms with Gasteiger partial charge >= 0.3 is 0 Å². The molecule has 2 aliphatic rings. The molecule has 0 heteroatoms. The van der Waals surface area contributed by atoms with Crippen LogP contribution in [0.2, 0.25) is 0 Å². The summed E-state index contributed by atoms with van der Waals surface area (Å²) in [5.41, 5.74) is 2.98. The number of hydrogen-bond acceptors (Lipinski definition) is 0. The second kappa shape index (κ2) is 9.60. The molecule has 0 radical (unpaired) electrons. The van der Waals surface area contributed by atoms with Crippen molar-refractivity contribution in [2.45, 2.75) is 89.9 Å². The number of rotatable bonds is 5. The summed E-state index contributed by atoms with van der Waals surface area (Å²) >= 11 is 0. The lowest BCUT2D eigenvalue weighted by Crippen LogP contribution is -2.14. The Kier molecular flexibility index (Phi) is 7.20. The predicted molar refractivity (Wildman–Crippen MR) is 110 cm³/mol. The van der Waals surface area contributed by atoms with Gasteiger partial charge in [0.05, 0.1) is 0 Å². The molecule has 4 unspecified atom stereocenters. The largest absolute Gasteiger partial charge is 0.103 e. The van der Waals surface area contributed by atoms with Crippen LogP contribution in [-0.2, 0) is 0 Å². The quantitative estimate of drug-likeness (QED) is 0.379. The molecular weight excluding hydrogens is 300 g/mol. The first-order chi connectivity index (χ1) is 12.3. The van der Waals surface area contributed by atoms with Gasteiger partial charge in [-0.2, -0.15) is 0 Å². The van der Waals surface area contributed by atoms with Gasteiger partial charge in [-0.25, -0.2) is 0 Å². The maximum Gasteiger partial charge on any atom is -0.0162 e. The van der Waals surface area contributed by atoms with Crippen molar-refractivity contribution in [1.29, 1.82) is 0 Å². The normalized spacial score (nSPS) is 31.1. The smallest absolute Gasteiger partial charge is 0.0162 e. The molecule has 3 rings (SSSR count). The fourth-order valence-corrected chi connectivity index (χ4v) is 5.49. The van der Waals surface area contributed by atoms with Gasteiger partial charge in [0.2, 0.25) is 0 Å². The van der Waals surface area contributed by atoms with Crippen LogP contribution in [0.5, 0.6) is 0 Å². The molecule has 0 heterocycles. The molecule has 0 nitrogen and oxygen atoms in total. The Labute approximate surface area is 156 Å². The summed E-state index contributed by atoms with van der Waals surface area (Å²) < 4.78 is 0. The Morgan fingerprint density at radius 3 is 2.24 bits per heavy atom. The Bertz CT molecular complexity index is 511. The van der Waals surface area contributed by atoms with Crippen LogP contribution in [-0.4, -0.2) is 0 Å². The standard InChI is InChI=1S/C25H38/c1-3-4-7-21-8-5-9-22(17-14-21)23-10-6-11-24(19-18-23)25-15-12-20(2)13-16-25/h3,12-13,15-16,21-24H,1,4-11,14,17-19H2,2H3. The minimum absolute atomic E-state index is 0.816. The fourth-order valence-electron chi connectivity index (χ4n) is 5.49. The van der Waals surface area contributed by atoms with Gasteiger partial charge in [0, 0.05) is 0 Å². The molecular formula is C25H38. The third-order valence-corrected chi connectivity index (χ3v) is 7.14. The average molecular weight is 339 g/mol. The van der Waals surface area contributed by atoms with Crippen LogP contribution < -0.4 is 0 Å². The molecule has 2 fully saturated rings. The molecule has 4 atom stereocenters. The highest BCUT2D eigenvalue weighted by Crippen LogP contribution is 2.42. The number of aryl methyl sites for hydroxylation is 1. The predicted octanol–water partition coefficient (Wildman–Crippen LogP) is 7.82. The summed E-state index contributed by atoms with van der Waals surface area (Å²) in [6.07, 6.45) is 19.4. The van der Waals surface area contributed by atoms with E-state index < -0.39 is 0 Å². The van der Waals surface area contributed by atoms with E-state index in [0.29, 0.717) is 0 Å². The fraction of sp³-hybridized carbons (Fsp3) is 0.680. The van der Waals surface area contributed by atoms with E-state index in [1.165, 1.54) is 82.6 Å². The zero-order valence-corrected chi connectivity index (χ0v) is 16.4. The van der Waals surface area contributed by atoms with E-state index in [1.807, 2.05) is 0 Å². The highest BCUT2D eigenvalue weighted by atomic mass is 14.3. The monoisotopic (exact) mass is 338 g/mol. The lowest BCUT2D eigenvalue weighted by atomic mass is 9.80. The van der Waals surface area contributed by atoms with Crippen LogP contribution in [0.1, 0.15) is 94.1 Å². The number of allylic oxidation sites excluding steroid dienone is 1. The molecule has 0 aliphatic heterocycles. The van der Waals surface area contributed by atoms with Crippen molar-refractivity contribution in [3.8, 4) is 0 Å². The average Bonchev–Trinajstić information content (AvgIpc) is 3.01. The second-order valence-electron chi connectivity index (χ2n) is 8.88. The van der Waals surface area contributed by atoms with Gasteiger partial charge in [-0.1, -0.05) is 74.4 Å². The Hall–Kier alpha value is -1.04. The molecule has 0 saturated heterocycles. The summed E-state index contributed by atoms with van der Waals surface area (Å²) in [5.74, 6) is 3.82. The highest BCUT2D eigenvalue weighted by molar-refractivity contribution is 5.24. The lowest BCUT2D eigenvalue weighted by molar-refractivity contribution is 0.264. The topological polar surface area (TPSA) is 0 Å². The van der Waals surface area contributed by atoms with Gasteiger partial charge in [0.25, 0.3) is 0 Å². The molecule has 0 amide bonds. The van der Waals surface area contributed by atoms with E-state index in [1.54, 1.807) is 5.56 Å². The Morgan fingerprint density at radius 1 is 0.840 bits per heavy atom. The van der Waals surface area contributed by atoms with E-state index in [2.05, 4.69) is 43.8 Å². The first-order valence-corrected chi connectivity index (χ1v) is 10.9. The molecule has 1 aromatic carbocycles. The van der Waals surface area contributed by atoms with Crippen LogP contribution >= 0.6 is 0 Å². The van der Waals surface area contributed by atoms with Crippen molar-refractivity contribution in [2.75, 3.05) is 0 Å². The van der Waals surface area contributed by atoms with Crippen LogP contribution in [0.3, 0.4) is 0 Å². The first-order valence-electron chi connectivity index (χ1n) is 10.9. The third-order valence-electron chi connectivity index (χ3n) is 7.14. The molecule has 138 valence electrons. The molecule has 25 heavy (non-hydrogen) atoms. The number of benzene rings is 1. The van der Waals surface area contributed by atoms with Gasteiger partial charge < -0.3 is 0 Å². The van der Waals surface area contributed by atoms with Gasteiger partial charge in [0.15, 0.2) is 0 Å². The molecule has 0 spiro atoms. The van der Waals surface area contributed by atoms with E-state index in [-0.39, 0.29) is 0 Å². The first kappa shape index (κ1) is 18.7. The molecule has 0 N–H and O–H groups in total. The van der Waals surface area contributed by atoms with Crippen molar-refractivity contribution < 1.29 is 0 Å². The molecule has 1 aromatic rings. The van der Waals surface area contributed by atoms with Crippen molar-refractivity contribution in [3.63, 3.8) is 0 Å². The van der Waals surface area contributed by atoms with Crippen molar-refractivity contribution >= 4 is 0 Å². The molecule has 2 saturated carbocycles. The highest BCUT2D eigenvalue weighted by Gasteiger charge is 2.28. The summed E-state index contributed by atoms with van der Waals surface area (Å²) in [6, 6.07) is 9.37. The van der Waals surface area contributed by atoms with Gasteiger partial charge in [-0.05, 0) is 74.7 Å². The SMILES string of the molecule is C=CCCC1CCCC(C2CCCC(c3ccc(C)cc3)CC2)CC1. The van der Waals surface area contributed by atoms with Gasteiger partial charge in [-0.15, -0.1) is 6.58 Å². The number of hydrogen-bond donors (Lipinski definition) is 0. The minimum atomic E-state index is 0.816. The van der Waals surface area contributed by atoms with Crippen molar-refractivity contribution in [1.82, 2.24) is 0 Å². The second-order valence-corrected chi connectivity index (χ2v) is 8.88. The van der Waals surface area contributed by atoms with Crippen molar-refractivity contribution in [3.05, 3.63) is 48.0 Å². The maximum absolute atomic E-state index is 3.90. The maximum atomic E-state index is 3.90. The van der Waals surface area contributed by atoms with Crippen molar-refractivity contribution in [2.24, 2.45) is 17.8 Å². The third kappa shape index (κ3) is 5.47. The van der Waals surface area contributed by atoms with E-state index in [4.69, 9.17) is 0 Å². The van der Waals surface area contributed by atoms with Gasteiger partial charge in [-0.3, -0.25) is 0 Å². The Morgan fingerprint density at radius 2 is 1.52 bits per heavy atom. The van der Waals surface area contributed by atoms with E-state index in [0.717, 1.165) is 23.7 Å². The summed E-state index contributed by atoms with van der Waals surface area (Å²) in [5, 5.41) is 0. The van der Waals surface area contributed by atoms with Crippen LogP contribution in [0, 0.1) is 24.7 Å². The molecule has 0 aromatic heterocycles. The molecule has 0 bridgehead atoms. The van der Waals surface area contributed by atoms with Gasteiger partial charge in [0.1, 0.15) is 0 Å². The zero-order valence-electron chi connectivity index (χ0n) is 16.4. The zero-order chi connectivity index (χ0) is 17.5. The summed E-state index contributed by atoms with van der Waals surface area (Å²) in [7, 11) is 0. The van der Waals surface area contributed by atoms with Crippen LogP contribution in [0.15, 0.2) is 36.9 Å². The lowest BCUT2D eigenvalue weighted by Gasteiger charge is -2.25. The Balaban J connectivity index is 1.52. The van der Waals surface area contributed by atoms with Crippen LogP contribution in [0.25, 0.3) is 0 Å². The van der Waals surface area contributed by atoms with E-state index >= 15 is 0 Å². The summed E-state index contributed by atoms with van der Waals surface area (Å²) in [6.45, 7) is 6.10. The summed E-state index contributed by atoms with van der Waals surface area (Å²) in [4.78, 5) is 0. The minimum Gasteiger partial charge on any atom is -0.103 e.